The minimum absolute atomic E-state index is 0.0220. The van der Waals surface area contributed by atoms with Crippen LogP contribution in [0.2, 0.25) is 0 Å². The Kier molecular flexibility index (Phi) is 8.94. The number of esters is 1. The highest BCUT2D eigenvalue weighted by atomic mass is 16.7. The van der Waals surface area contributed by atoms with Gasteiger partial charge in [-0.2, -0.15) is 0 Å². The standard InChI is InChI=1S/C39H63NO10/c1-21-17-24(32(35(5,6)46)48-22(2)42)49-30-29(21)36(7)13-14-39-20-38(39)12-11-27(50-28-18-40(15-16-47-28)23(19-41)33(44)45)34(3,4)25(38)9-10-26(39)37(36,8)31(30)43/h21,23-32,41,43,46H,9-20H2,1-8H3,(H,44,45)/t21-,23?,24?,25+,26?,27+,28+,29+,30?,31+,32+,36?,37-,38?,39?/m1/s1. The summed E-state index contributed by atoms with van der Waals surface area (Å²) >= 11 is 0. The summed E-state index contributed by atoms with van der Waals surface area (Å²) in [6.07, 6.45) is 5.26. The van der Waals surface area contributed by atoms with Gasteiger partial charge in [0.2, 0.25) is 0 Å². The van der Waals surface area contributed by atoms with E-state index < -0.39 is 54.8 Å². The molecule has 7 aliphatic rings. The van der Waals surface area contributed by atoms with Crippen molar-refractivity contribution in [3.05, 3.63) is 0 Å². The number of hydrogen-bond acceptors (Lipinski definition) is 10. The Morgan fingerprint density at radius 3 is 2.36 bits per heavy atom. The van der Waals surface area contributed by atoms with Crippen LogP contribution in [0.5, 0.6) is 0 Å². The van der Waals surface area contributed by atoms with Gasteiger partial charge in [0.25, 0.3) is 0 Å². The lowest BCUT2D eigenvalue weighted by molar-refractivity contribution is -0.251. The van der Waals surface area contributed by atoms with E-state index in [4.69, 9.17) is 18.9 Å². The first kappa shape index (κ1) is 37.0. The fourth-order valence-electron chi connectivity index (χ4n) is 14.1. The zero-order chi connectivity index (χ0) is 36.4. The molecule has 0 aromatic heterocycles. The van der Waals surface area contributed by atoms with Crippen LogP contribution >= 0.6 is 0 Å². The fourth-order valence-corrected chi connectivity index (χ4v) is 14.1. The van der Waals surface area contributed by atoms with E-state index in [1.54, 1.807) is 18.7 Å². The number of aliphatic hydroxyl groups is 3. The molecule has 11 nitrogen and oxygen atoms in total. The molecule has 2 aliphatic heterocycles. The first-order valence-electron chi connectivity index (χ1n) is 19.4. The Balaban J connectivity index is 1.11. The quantitative estimate of drug-likeness (QED) is 0.271. The van der Waals surface area contributed by atoms with Gasteiger partial charge in [0.1, 0.15) is 6.04 Å². The van der Waals surface area contributed by atoms with Crippen molar-refractivity contribution in [3.8, 4) is 0 Å². The molecule has 7 fully saturated rings. The second-order valence-corrected chi connectivity index (χ2v) is 19.2. The number of nitrogens with zero attached hydrogens (tertiary/aromatic N) is 1. The normalized spacial score (nSPS) is 49.3. The molecule has 0 aromatic rings. The maximum absolute atomic E-state index is 12.6. The molecule has 2 heterocycles. The lowest BCUT2D eigenvalue weighted by Gasteiger charge is -2.64. The molecule has 2 spiro atoms. The van der Waals surface area contributed by atoms with Crippen LogP contribution in [-0.4, -0.2) is 112 Å². The van der Waals surface area contributed by atoms with Gasteiger partial charge in [-0.1, -0.05) is 34.6 Å². The lowest BCUT2D eigenvalue weighted by atomic mass is 9.41. The topological polar surface area (TPSA) is 155 Å². The number of fused-ring (bicyclic) bond motifs is 4. The number of ether oxygens (including phenoxy) is 4. The molecule has 0 bridgehead atoms. The smallest absolute Gasteiger partial charge is 0.323 e. The summed E-state index contributed by atoms with van der Waals surface area (Å²) in [5, 5.41) is 42.9. The van der Waals surface area contributed by atoms with E-state index in [1.807, 2.05) is 0 Å². The molecule has 0 aromatic carbocycles. The average molecular weight is 706 g/mol. The molecule has 7 unspecified atom stereocenters. The van der Waals surface area contributed by atoms with Crippen LogP contribution in [0.25, 0.3) is 0 Å². The molecule has 0 radical (unpaired) electrons. The maximum Gasteiger partial charge on any atom is 0.323 e. The Labute approximate surface area is 297 Å². The van der Waals surface area contributed by atoms with Gasteiger partial charge in [0, 0.05) is 18.9 Å². The molecule has 0 amide bonds. The zero-order valence-electron chi connectivity index (χ0n) is 31.5. The Morgan fingerprint density at radius 2 is 1.72 bits per heavy atom. The van der Waals surface area contributed by atoms with Crippen LogP contribution in [0.15, 0.2) is 0 Å². The molecule has 4 N–H and O–H groups in total. The Bertz CT molecular complexity index is 1350. The van der Waals surface area contributed by atoms with Crippen LogP contribution in [0.3, 0.4) is 0 Å². The monoisotopic (exact) mass is 705 g/mol. The predicted molar refractivity (Wildman–Crippen MR) is 183 cm³/mol. The van der Waals surface area contributed by atoms with Gasteiger partial charge < -0.3 is 39.4 Å². The molecule has 15 atom stereocenters. The van der Waals surface area contributed by atoms with Gasteiger partial charge in [-0.25, -0.2) is 0 Å². The second kappa shape index (κ2) is 12.1. The first-order valence-corrected chi connectivity index (χ1v) is 19.4. The van der Waals surface area contributed by atoms with Crippen molar-refractivity contribution in [3.63, 3.8) is 0 Å². The highest BCUT2D eigenvalue weighted by Gasteiger charge is 2.84. The van der Waals surface area contributed by atoms with Crippen molar-refractivity contribution in [1.82, 2.24) is 4.90 Å². The summed E-state index contributed by atoms with van der Waals surface area (Å²) in [4.78, 5) is 25.6. The Morgan fingerprint density at radius 1 is 1.04 bits per heavy atom. The van der Waals surface area contributed by atoms with Crippen LogP contribution in [0.1, 0.15) is 107 Å². The number of carboxylic acids is 1. The van der Waals surface area contributed by atoms with E-state index in [0.717, 1.165) is 38.5 Å². The van der Waals surface area contributed by atoms with E-state index in [9.17, 15) is 30.0 Å². The summed E-state index contributed by atoms with van der Waals surface area (Å²) in [5.41, 5.74) is -1.47. The minimum atomic E-state index is -1.28. The summed E-state index contributed by atoms with van der Waals surface area (Å²) in [7, 11) is 0. The van der Waals surface area contributed by atoms with E-state index >= 15 is 0 Å². The fraction of sp³-hybridized carbons (Fsp3) is 0.949. The van der Waals surface area contributed by atoms with Crippen LogP contribution < -0.4 is 0 Å². The van der Waals surface area contributed by atoms with Crippen molar-refractivity contribution < 1.29 is 49.0 Å². The summed E-state index contributed by atoms with van der Waals surface area (Å²) < 4.78 is 25.3. The number of aliphatic hydroxyl groups excluding tert-OH is 2. The Hall–Kier alpha value is -1.34. The largest absolute Gasteiger partial charge is 0.480 e. The molecule has 2 saturated heterocycles. The van der Waals surface area contributed by atoms with Crippen LogP contribution in [0.4, 0.5) is 0 Å². The van der Waals surface area contributed by atoms with Gasteiger partial charge in [0.15, 0.2) is 12.4 Å². The third kappa shape index (κ3) is 5.06. The van der Waals surface area contributed by atoms with Gasteiger partial charge in [-0.05, 0) is 111 Å². The molecule has 50 heavy (non-hydrogen) atoms. The van der Waals surface area contributed by atoms with E-state index in [-0.39, 0.29) is 51.1 Å². The van der Waals surface area contributed by atoms with Crippen molar-refractivity contribution in [2.45, 2.75) is 155 Å². The van der Waals surface area contributed by atoms with Crippen molar-refractivity contribution in [2.24, 2.45) is 50.7 Å². The first-order chi connectivity index (χ1) is 23.3. The number of morpholine rings is 1. The summed E-state index contributed by atoms with van der Waals surface area (Å²) in [6, 6.07) is -0.960. The van der Waals surface area contributed by atoms with Crippen LogP contribution in [-0.2, 0) is 28.5 Å². The van der Waals surface area contributed by atoms with E-state index in [0.29, 0.717) is 38.0 Å². The van der Waals surface area contributed by atoms with Gasteiger partial charge >= 0.3 is 11.9 Å². The molecule has 5 aliphatic carbocycles. The van der Waals surface area contributed by atoms with Crippen molar-refractivity contribution in [1.29, 1.82) is 0 Å². The molecular weight excluding hydrogens is 642 g/mol. The maximum atomic E-state index is 12.6. The number of carbonyl (C=O) groups excluding carboxylic acids is 1. The van der Waals surface area contributed by atoms with E-state index in [1.165, 1.54) is 13.3 Å². The van der Waals surface area contributed by atoms with Gasteiger partial charge in [-0.3, -0.25) is 14.5 Å². The van der Waals surface area contributed by atoms with Crippen LogP contribution in [0, 0.1) is 50.7 Å². The molecule has 5 saturated carbocycles. The second-order valence-electron chi connectivity index (χ2n) is 19.2. The lowest BCUT2D eigenvalue weighted by Crippen LogP contribution is -2.60. The number of carbonyl (C=O) groups is 2. The zero-order valence-corrected chi connectivity index (χ0v) is 31.5. The number of carboxylic acid groups (broad SMARTS) is 1. The SMILES string of the molecule is CC(=O)O[C@@H](C1C[C@@H](C)[C@H]2C(O1)[C@H](O)[C@@]1(C)C3CC[C@H]4C(C)(C)[C@@H](O[C@H]5CN(C(CO)C(=O)O)CCO5)CCC45CC35CCC21C)C(C)(C)O. The molecule has 7 rings (SSSR count). The molecule has 284 valence electrons. The summed E-state index contributed by atoms with van der Waals surface area (Å²) in [6.45, 7) is 17.1. The minimum Gasteiger partial charge on any atom is -0.480 e. The number of aliphatic carboxylic acids is 1. The van der Waals surface area contributed by atoms with Crippen molar-refractivity contribution in [2.75, 3.05) is 26.3 Å². The third-order valence-corrected chi connectivity index (χ3v) is 16.4. The average Bonchev–Trinajstić information content (AvgIpc) is 3.65. The van der Waals surface area contributed by atoms with Gasteiger partial charge in [-0.15, -0.1) is 0 Å². The van der Waals surface area contributed by atoms with E-state index in [2.05, 4.69) is 34.6 Å². The molecular formula is C39H63NO10. The predicted octanol–water partition coefficient (Wildman–Crippen LogP) is 3.99. The highest BCUT2D eigenvalue weighted by Crippen LogP contribution is 2.89. The summed E-state index contributed by atoms with van der Waals surface area (Å²) in [5.74, 6) is -0.240. The molecule has 11 heteroatoms. The van der Waals surface area contributed by atoms with Gasteiger partial charge in [0.05, 0.1) is 49.8 Å². The van der Waals surface area contributed by atoms with Crippen molar-refractivity contribution >= 4 is 11.9 Å². The third-order valence-electron chi connectivity index (χ3n) is 16.4. The number of hydrogen-bond donors (Lipinski definition) is 4. The number of rotatable bonds is 8. The highest BCUT2D eigenvalue weighted by molar-refractivity contribution is 5.73.